The molecule has 1 atom stereocenters. The van der Waals surface area contributed by atoms with Gasteiger partial charge >= 0.3 is 0 Å². The Balaban J connectivity index is 2.16. The summed E-state index contributed by atoms with van der Waals surface area (Å²) >= 11 is 5.85. The molecule has 0 amide bonds. The normalized spacial score (nSPS) is 11.7. The van der Waals surface area contributed by atoms with Crippen LogP contribution in [0.5, 0.6) is 0 Å². The van der Waals surface area contributed by atoms with E-state index >= 15 is 0 Å². The molecular formula is C16H15ClFN3. The fourth-order valence-electron chi connectivity index (χ4n) is 2.04. The van der Waals surface area contributed by atoms with E-state index in [1.54, 1.807) is 0 Å². The molecule has 0 unspecified atom stereocenters. The molecule has 1 N–H and O–H groups in total. The van der Waals surface area contributed by atoms with Crippen LogP contribution in [0.25, 0.3) is 0 Å². The van der Waals surface area contributed by atoms with Crippen LogP contribution in [0.15, 0.2) is 36.4 Å². The summed E-state index contributed by atoms with van der Waals surface area (Å²) in [5.41, 5.74) is 1.20. The van der Waals surface area contributed by atoms with Crippen molar-refractivity contribution in [3.8, 4) is 6.07 Å². The second-order valence-corrected chi connectivity index (χ2v) is 5.07. The van der Waals surface area contributed by atoms with Gasteiger partial charge in [0, 0.05) is 6.04 Å². The van der Waals surface area contributed by atoms with Crippen LogP contribution in [0.1, 0.15) is 24.5 Å². The molecule has 2 rings (SSSR count). The van der Waals surface area contributed by atoms with Gasteiger partial charge in [-0.1, -0.05) is 48.9 Å². The van der Waals surface area contributed by atoms with E-state index in [2.05, 4.69) is 10.3 Å². The van der Waals surface area contributed by atoms with Crippen molar-refractivity contribution in [3.63, 3.8) is 0 Å². The summed E-state index contributed by atoms with van der Waals surface area (Å²) in [5.74, 6) is -0.482. The molecule has 0 bridgehead atoms. The van der Waals surface area contributed by atoms with Crippen molar-refractivity contribution in [3.05, 3.63) is 58.5 Å². The molecule has 3 nitrogen and oxygen atoms in total. The van der Waals surface area contributed by atoms with Crippen molar-refractivity contribution in [2.45, 2.75) is 25.8 Å². The van der Waals surface area contributed by atoms with Gasteiger partial charge in [-0.05, 0) is 24.5 Å². The number of nitriles is 1. The Bertz CT molecular complexity index is 653. The predicted molar refractivity (Wildman–Crippen MR) is 81.8 cm³/mol. The standard InChI is InChI=1S/C16H15ClFN3/c1-2-13(8-11-6-4-3-5-7-11)20-16-14(18)9-12(10-19)15(17)21-16/h3-7,9,13H,2,8H2,1H3,(H,20,21)/t13-/m0/s1. The molecule has 108 valence electrons. The molecule has 0 aliphatic carbocycles. The fraction of sp³-hybridized carbons (Fsp3) is 0.250. The van der Waals surface area contributed by atoms with E-state index in [4.69, 9.17) is 16.9 Å². The number of hydrogen-bond donors (Lipinski definition) is 1. The maximum atomic E-state index is 13.9. The van der Waals surface area contributed by atoms with E-state index in [0.717, 1.165) is 24.5 Å². The number of hydrogen-bond acceptors (Lipinski definition) is 3. The van der Waals surface area contributed by atoms with Gasteiger partial charge in [-0.25, -0.2) is 9.37 Å². The summed E-state index contributed by atoms with van der Waals surface area (Å²) in [6, 6.07) is 12.9. The summed E-state index contributed by atoms with van der Waals surface area (Å²) in [6.45, 7) is 2.02. The summed E-state index contributed by atoms with van der Waals surface area (Å²) in [6.07, 6.45) is 1.57. The van der Waals surface area contributed by atoms with Crippen molar-refractivity contribution >= 4 is 17.4 Å². The van der Waals surface area contributed by atoms with Gasteiger partial charge in [0.25, 0.3) is 0 Å². The zero-order valence-electron chi connectivity index (χ0n) is 11.6. The van der Waals surface area contributed by atoms with Crippen LogP contribution in [0, 0.1) is 17.1 Å². The van der Waals surface area contributed by atoms with Crippen LogP contribution in [0.2, 0.25) is 5.15 Å². The number of nitrogens with one attached hydrogen (secondary N) is 1. The highest BCUT2D eigenvalue weighted by Gasteiger charge is 2.14. The Labute approximate surface area is 128 Å². The van der Waals surface area contributed by atoms with Gasteiger partial charge in [0.1, 0.15) is 11.2 Å². The first-order chi connectivity index (χ1) is 10.1. The second-order valence-electron chi connectivity index (χ2n) is 4.71. The van der Waals surface area contributed by atoms with E-state index < -0.39 is 5.82 Å². The quantitative estimate of drug-likeness (QED) is 0.843. The predicted octanol–water partition coefficient (Wildman–Crippen LogP) is 4.18. The molecule has 1 heterocycles. The SMILES string of the molecule is CC[C@@H](Cc1ccccc1)Nc1nc(Cl)c(C#N)cc1F. The third kappa shape index (κ3) is 3.93. The summed E-state index contributed by atoms with van der Waals surface area (Å²) in [4.78, 5) is 3.93. The number of pyridine rings is 1. The third-order valence-corrected chi connectivity index (χ3v) is 3.50. The minimum absolute atomic E-state index is 0.0102. The first kappa shape index (κ1) is 15.3. The molecule has 0 aliphatic heterocycles. The first-order valence-electron chi connectivity index (χ1n) is 6.70. The Morgan fingerprint density at radius 1 is 1.38 bits per heavy atom. The zero-order chi connectivity index (χ0) is 15.2. The highest BCUT2D eigenvalue weighted by Crippen LogP contribution is 2.21. The highest BCUT2D eigenvalue weighted by molar-refractivity contribution is 6.30. The van der Waals surface area contributed by atoms with Crippen LogP contribution in [0.3, 0.4) is 0 Å². The highest BCUT2D eigenvalue weighted by atomic mass is 35.5. The van der Waals surface area contributed by atoms with Gasteiger partial charge in [0.15, 0.2) is 11.6 Å². The Morgan fingerprint density at radius 3 is 2.71 bits per heavy atom. The van der Waals surface area contributed by atoms with Crippen LogP contribution < -0.4 is 5.32 Å². The Morgan fingerprint density at radius 2 is 2.10 bits per heavy atom. The minimum atomic E-state index is -0.567. The molecule has 1 aromatic heterocycles. The van der Waals surface area contributed by atoms with E-state index in [9.17, 15) is 4.39 Å². The van der Waals surface area contributed by atoms with E-state index in [1.165, 1.54) is 0 Å². The maximum absolute atomic E-state index is 13.9. The largest absolute Gasteiger partial charge is 0.365 e. The van der Waals surface area contributed by atoms with Gasteiger partial charge in [0.2, 0.25) is 0 Å². The molecule has 0 saturated heterocycles. The number of rotatable bonds is 5. The minimum Gasteiger partial charge on any atom is -0.365 e. The number of anilines is 1. The molecule has 0 fully saturated rings. The van der Waals surface area contributed by atoms with Crippen molar-refractivity contribution in [2.24, 2.45) is 0 Å². The Hall–Kier alpha value is -2.12. The van der Waals surface area contributed by atoms with E-state index in [1.807, 2.05) is 43.3 Å². The van der Waals surface area contributed by atoms with Crippen LogP contribution in [-0.4, -0.2) is 11.0 Å². The fourth-order valence-corrected chi connectivity index (χ4v) is 2.22. The van der Waals surface area contributed by atoms with Crippen LogP contribution >= 0.6 is 11.6 Å². The number of nitrogens with zero attached hydrogens (tertiary/aromatic N) is 2. The lowest BCUT2D eigenvalue weighted by Crippen LogP contribution is -2.22. The lowest BCUT2D eigenvalue weighted by atomic mass is 10.0. The van der Waals surface area contributed by atoms with Gasteiger partial charge in [-0.2, -0.15) is 5.26 Å². The van der Waals surface area contributed by atoms with Gasteiger partial charge in [-0.15, -0.1) is 0 Å². The summed E-state index contributed by atoms with van der Waals surface area (Å²) in [7, 11) is 0. The lowest BCUT2D eigenvalue weighted by molar-refractivity contribution is 0.611. The van der Waals surface area contributed by atoms with Crippen LogP contribution in [0.4, 0.5) is 10.2 Å². The molecule has 0 radical (unpaired) electrons. The second kappa shape index (κ2) is 7.05. The lowest BCUT2D eigenvalue weighted by Gasteiger charge is -2.18. The van der Waals surface area contributed by atoms with Crippen molar-refractivity contribution in [2.75, 3.05) is 5.32 Å². The number of aromatic nitrogens is 1. The molecule has 0 saturated carbocycles. The molecular weight excluding hydrogens is 289 g/mol. The maximum Gasteiger partial charge on any atom is 0.166 e. The molecule has 5 heteroatoms. The van der Waals surface area contributed by atoms with Crippen LogP contribution in [-0.2, 0) is 6.42 Å². The average molecular weight is 304 g/mol. The van der Waals surface area contributed by atoms with Gasteiger partial charge in [0.05, 0.1) is 5.56 Å². The first-order valence-corrected chi connectivity index (χ1v) is 7.08. The third-order valence-electron chi connectivity index (χ3n) is 3.21. The zero-order valence-corrected chi connectivity index (χ0v) is 12.4. The smallest absolute Gasteiger partial charge is 0.166 e. The average Bonchev–Trinajstić information content (AvgIpc) is 2.50. The summed E-state index contributed by atoms with van der Waals surface area (Å²) < 4.78 is 13.9. The van der Waals surface area contributed by atoms with Crippen molar-refractivity contribution in [1.82, 2.24) is 4.98 Å². The monoisotopic (exact) mass is 303 g/mol. The Kier molecular flexibility index (Phi) is 5.13. The molecule has 0 aliphatic rings. The van der Waals surface area contributed by atoms with E-state index in [0.29, 0.717) is 0 Å². The van der Waals surface area contributed by atoms with E-state index in [-0.39, 0.29) is 22.6 Å². The molecule has 1 aromatic carbocycles. The van der Waals surface area contributed by atoms with Crippen molar-refractivity contribution < 1.29 is 4.39 Å². The summed E-state index contributed by atoms with van der Waals surface area (Å²) in [5, 5.41) is 11.9. The molecule has 2 aromatic rings. The van der Waals surface area contributed by atoms with Gasteiger partial charge < -0.3 is 5.32 Å². The molecule has 21 heavy (non-hydrogen) atoms. The van der Waals surface area contributed by atoms with Gasteiger partial charge in [-0.3, -0.25) is 0 Å². The molecule has 0 spiro atoms. The van der Waals surface area contributed by atoms with Crippen molar-refractivity contribution in [1.29, 1.82) is 5.26 Å². The topological polar surface area (TPSA) is 48.7 Å². The number of benzene rings is 1. The number of halogens is 2.